The van der Waals surface area contributed by atoms with Crippen LogP contribution in [0.15, 0.2) is 36.4 Å². The van der Waals surface area contributed by atoms with Gasteiger partial charge >= 0.3 is 0 Å². The van der Waals surface area contributed by atoms with Gasteiger partial charge < -0.3 is 20.1 Å². The van der Waals surface area contributed by atoms with E-state index in [0.717, 1.165) is 36.8 Å². The molecule has 2 aromatic carbocycles. The minimum absolute atomic E-state index is 0.0649. The molecular formula is C24H29ClN2O4. The number of amides is 2. The van der Waals surface area contributed by atoms with Gasteiger partial charge in [0, 0.05) is 12.6 Å². The summed E-state index contributed by atoms with van der Waals surface area (Å²) in [6.07, 6.45) is 5.38. The number of aryl methyl sites for hydroxylation is 1. The van der Waals surface area contributed by atoms with E-state index in [4.69, 9.17) is 26.8 Å². The molecule has 166 valence electrons. The number of nitrogens with two attached hydrogens (primary N) is 1. The topological polar surface area (TPSA) is 81.9 Å². The molecule has 1 saturated carbocycles. The number of hydrogen-bond donors (Lipinski definition) is 1. The number of primary amides is 1. The molecule has 7 heteroatoms. The molecule has 3 rings (SSSR count). The second-order valence-electron chi connectivity index (χ2n) is 7.95. The summed E-state index contributed by atoms with van der Waals surface area (Å²) in [6, 6.07) is 11.1. The lowest BCUT2D eigenvalue weighted by Gasteiger charge is -2.35. The maximum absolute atomic E-state index is 13.5. The molecule has 0 saturated heterocycles. The fourth-order valence-corrected chi connectivity index (χ4v) is 4.30. The van der Waals surface area contributed by atoms with Crippen molar-refractivity contribution < 1.29 is 19.1 Å². The molecule has 0 heterocycles. The van der Waals surface area contributed by atoms with E-state index in [1.165, 1.54) is 13.5 Å². The minimum atomic E-state index is -0.560. The maximum atomic E-state index is 13.5. The van der Waals surface area contributed by atoms with Crippen molar-refractivity contribution in [2.75, 3.05) is 13.7 Å². The number of methoxy groups -OCH3 is 1. The van der Waals surface area contributed by atoms with E-state index in [-0.39, 0.29) is 18.6 Å². The molecule has 1 fully saturated rings. The highest BCUT2D eigenvalue weighted by molar-refractivity contribution is 6.33. The first-order chi connectivity index (χ1) is 14.9. The van der Waals surface area contributed by atoms with Crippen molar-refractivity contribution in [1.82, 2.24) is 4.90 Å². The Hall–Kier alpha value is -2.73. The molecule has 1 aliphatic rings. The second kappa shape index (κ2) is 10.5. The Bertz CT molecular complexity index is 941. The lowest BCUT2D eigenvalue weighted by atomic mass is 9.93. The van der Waals surface area contributed by atoms with Gasteiger partial charge in [0.25, 0.3) is 11.8 Å². The van der Waals surface area contributed by atoms with Crippen molar-refractivity contribution in [2.45, 2.75) is 51.6 Å². The van der Waals surface area contributed by atoms with E-state index in [9.17, 15) is 9.59 Å². The molecule has 0 bridgehead atoms. The molecule has 0 atom stereocenters. The molecule has 6 nitrogen and oxygen atoms in total. The monoisotopic (exact) mass is 444 g/mol. The summed E-state index contributed by atoms with van der Waals surface area (Å²) in [4.78, 5) is 26.5. The Balaban J connectivity index is 1.88. The molecule has 1 aliphatic carbocycles. The molecule has 0 aromatic heterocycles. The molecule has 0 spiro atoms. The van der Waals surface area contributed by atoms with Crippen LogP contribution in [0.5, 0.6) is 11.5 Å². The highest BCUT2D eigenvalue weighted by Crippen LogP contribution is 2.31. The standard InChI is InChI=1S/C24H29ClN2O4/c1-16-8-10-19(20(25)12-16)24(29)27(18-6-4-3-5-7-18)14-17-9-11-21(22(13-17)30-2)31-15-23(26)28/h8-13,18H,3-7,14-15H2,1-2H3,(H2,26,28). The fraction of sp³-hybridized carbons (Fsp3) is 0.417. The number of hydrogen-bond acceptors (Lipinski definition) is 4. The van der Waals surface area contributed by atoms with Gasteiger partial charge in [-0.3, -0.25) is 9.59 Å². The number of ether oxygens (including phenoxy) is 2. The highest BCUT2D eigenvalue weighted by Gasteiger charge is 2.28. The van der Waals surface area contributed by atoms with Crippen molar-refractivity contribution in [2.24, 2.45) is 5.73 Å². The Morgan fingerprint density at radius 1 is 1.10 bits per heavy atom. The largest absolute Gasteiger partial charge is 0.493 e. The lowest BCUT2D eigenvalue weighted by Crippen LogP contribution is -2.41. The Kier molecular flexibility index (Phi) is 7.80. The first-order valence-corrected chi connectivity index (χ1v) is 10.9. The number of benzene rings is 2. The van der Waals surface area contributed by atoms with E-state index in [1.807, 2.05) is 36.1 Å². The molecule has 31 heavy (non-hydrogen) atoms. The van der Waals surface area contributed by atoms with E-state index in [2.05, 4.69) is 0 Å². The first-order valence-electron chi connectivity index (χ1n) is 10.5. The Morgan fingerprint density at radius 2 is 1.84 bits per heavy atom. The smallest absolute Gasteiger partial charge is 0.255 e. The molecule has 0 radical (unpaired) electrons. The summed E-state index contributed by atoms with van der Waals surface area (Å²) < 4.78 is 10.8. The zero-order chi connectivity index (χ0) is 22.4. The molecule has 2 N–H and O–H groups in total. The highest BCUT2D eigenvalue weighted by atomic mass is 35.5. The van der Waals surface area contributed by atoms with Crippen LogP contribution in [-0.2, 0) is 11.3 Å². The van der Waals surface area contributed by atoms with Crippen LogP contribution in [0.4, 0.5) is 0 Å². The molecule has 2 amide bonds. The first kappa shape index (κ1) is 22.9. The lowest BCUT2D eigenvalue weighted by molar-refractivity contribution is -0.119. The predicted octanol–water partition coefficient (Wildman–Crippen LogP) is 4.50. The SMILES string of the molecule is COc1cc(CN(C(=O)c2ccc(C)cc2Cl)C2CCCCC2)ccc1OCC(N)=O. The average molecular weight is 445 g/mol. The van der Waals surface area contributed by atoms with Gasteiger partial charge in [0.2, 0.25) is 0 Å². The Labute approximate surface area is 188 Å². The maximum Gasteiger partial charge on any atom is 0.255 e. The van der Waals surface area contributed by atoms with Crippen LogP contribution in [0, 0.1) is 6.92 Å². The number of carbonyl (C=O) groups excluding carboxylic acids is 2. The van der Waals surface area contributed by atoms with Crippen molar-refractivity contribution >= 4 is 23.4 Å². The summed E-state index contributed by atoms with van der Waals surface area (Å²) in [7, 11) is 1.53. The normalized spacial score (nSPS) is 14.2. The van der Waals surface area contributed by atoms with E-state index in [1.54, 1.807) is 12.1 Å². The number of carbonyl (C=O) groups is 2. The molecule has 0 unspecified atom stereocenters. The van der Waals surface area contributed by atoms with Gasteiger partial charge in [-0.25, -0.2) is 0 Å². The third kappa shape index (κ3) is 5.91. The minimum Gasteiger partial charge on any atom is -0.493 e. The summed E-state index contributed by atoms with van der Waals surface area (Å²) in [5.41, 5.74) is 7.60. The van der Waals surface area contributed by atoms with Crippen molar-refractivity contribution in [3.8, 4) is 11.5 Å². The van der Waals surface area contributed by atoms with Crippen molar-refractivity contribution in [1.29, 1.82) is 0 Å². The van der Waals surface area contributed by atoms with Crippen LogP contribution in [0.2, 0.25) is 5.02 Å². The van der Waals surface area contributed by atoms with Crippen LogP contribution < -0.4 is 15.2 Å². The third-order valence-corrected chi connectivity index (χ3v) is 5.89. The van der Waals surface area contributed by atoms with Gasteiger partial charge in [0.15, 0.2) is 18.1 Å². The van der Waals surface area contributed by atoms with Crippen LogP contribution in [0.25, 0.3) is 0 Å². The zero-order valence-electron chi connectivity index (χ0n) is 18.0. The van der Waals surface area contributed by atoms with Crippen LogP contribution >= 0.6 is 11.6 Å². The number of halogens is 1. The third-order valence-electron chi connectivity index (χ3n) is 5.58. The van der Waals surface area contributed by atoms with Crippen LogP contribution in [0.1, 0.15) is 53.6 Å². The van der Waals surface area contributed by atoms with Crippen LogP contribution in [0.3, 0.4) is 0 Å². The van der Waals surface area contributed by atoms with Gasteiger partial charge in [0.05, 0.1) is 17.7 Å². The van der Waals surface area contributed by atoms with Gasteiger partial charge in [-0.1, -0.05) is 43.0 Å². The fourth-order valence-electron chi connectivity index (χ4n) is 3.98. The number of nitrogens with zero attached hydrogens (tertiary/aromatic N) is 1. The number of rotatable bonds is 8. The van der Waals surface area contributed by atoms with Crippen LogP contribution in [-0.4, -0.2) is 36.5 Å². The van der Waals surface area contributed by atoms with Gasteiger partial charge in [0.1, 0.15) is 0 Å². The Morgan fingerprint density at radius 3 is 2.48 bits per heavy atom. The zero-order valence-corrected chi connectivity index (χ0v) is 18.8. The molecule has 0 aliphatic heterocycles. The van der Waals surface area contributed by atoms with E-state index in [0.29, 0.717) is 28.6 Å². The van der Waals surface area contributed by atoms with Gasteiger partial charge in [-0.2, -0.15) is 0 Å². The quantitative estimate of drug-likeness (QED) is 0.650. The predicted molar refractivity (Wildman–Crippen MR) is 121 cm³/mol. The summed E-state index contributed by atoms with van der Waals surface area (Å²) in [5, 5.41) is 0.471. The van der Waals surface area contributed by atoms with E-state index < -0.39 is 5.91 Å². The average Bonchev–Trinajstić information content (AvgIpc) is 2.76. The summed E-state index contributed by atoms with van der Waals surface area (Å²) in [5.74, 6) is 0.297. The van der Waals surface area contributed by atoms with Crippen molar-refractivity contribution in [3.63, 3.8) is 0 Å². The molecule has 2 aromatic rings. The summed E-state index contributed by atoms with van der Waals surface area (Å²) >= 11 is 6.42. The summed E-state index contributed by atoms with van der Waals surface area (Å²) in [6.45, 7) is 2.15. The second-order valence-corrected chi connectivity index (χ2v) is 8.36. The molecular weight excluding hydrogens is 416 g/mol. The van der Waals surface area contributed by atoms with Crippen molar-refractivity contribution in [3.05, 3.63) is 58.1 Å². The van der Waals surface area contributed by atoms with Gasteiger partial charge in [-0.15, -0.1) is 0 Å². The van der Waals surface area contributed by atoms with E-state index >= 15 is 0 Å². The van der Waals surface area contributed by atoms with Gasteiger partial charge in [-0.05, 0) is 55.2 Å².